The van der Waals surface area contributed by atoms with Crippen LogP contribution in [0.3, 0.4) is 0 Å². The number of benzene rings is 1. The van der Waals surface area contributed by atoms with E-state index < -0.39 is 62.9 Å². The van der Waals surface area contributed by atoms with Crippen molar-refractivity contribution in [2.75, 3.05) is 25.5 Å². The van der Waals surface area contributed by atoms with Gasteiger partial charge in [-0.3, -0.25) is 14.3 Å². The van der Waals surface area contributed by atoms with E-state index in [2.05, 4.69) is 15.1 Å². The van der Waals surface area contributed by atoms with E-state index in [4.69, 9.17) is 14.0 Å². The fraction of sp³-hybridized carbons (Fsp3) is 0.500. The lowest BCUT2D eigenvalue weighted by Crippen LogP contribution is -2.42. The van der Waals surface area contributed by atoms with Crippen LogP contribution in [0.15, 0.2) is 47.4 Å². The molecule has 0 aliphatic carbocycles. The lowest BCUT2D eigenvalue weighted by molar-refractivity contribution is -0.163. The highest BCUT2D eigenvalue weighted by molar-refractivity contribution is 7.37. The Labute approximate surface area is 233 Å². The number of halogens is 2. The van der Waals surface area contributed by atoms with Crippen LogP contribution in [-0.2, 0) is 28.5 Å². The summed E-state index contributed by atoms with van der Waals surface area (Å²) >= 11 is 0. The Kier molecular flexibility index (Phi) is 9.73. The van der Waals surface area contributed by atoms with Crippen LogP contribution < -0.4 is 20.8 Å². The van der Waals surface area contributed by atoms with E-state index in [1.54, 1.807) is 25.2 Å². The third-order valence-electron chi connectivity index (χ3n) is 6.53. The van der Waals surface area contributed by atoms with Crippen LogP contribution >= 0.6 is 8.18 Å². The number of aliphatic hydroxyl groups excluding tert-OH is 1. The molecule has 3 heterocycles. The summed E-state index contributed by atoms with van der Waals surface area (Å²) < 4.78 is 57.7. The topological polar surface area (TPSA) is 171 Å². The van der Waals surface area contributed by atoms with Crippen molar-refractivity contribution in [3.8, 4) is 5.75 Å². The van der Waals surface area contributed by atoms with E-state index in [1.165, 1.54) is 25.1 Å². The van der Waals surface area contributed by atoms with Crippen molar-refractivity contribution in [2.45, 2.75) is 56.3 Å². The predicted octanol–water partition coefficient (Wildman–Crippen LogP) is 1.36. The van der Waals surface area contributed by atoms with Gasteiger partial charge >= 0.3 is 25.8 Å². The summed E-state index contributed by atoms with van der Waals surface area (Å²) in [5.74, 6) is -5.22. The Balaban J connectivity index is 1.30. The standard InChI is InChI=1S/C24H28F2N5O9P/c1-14(21(34)39-29-41(36)40-15-7-4-3-5-8-15)37-13-17-19(32)24(25,26)22(38-17)31-12-10-18(28-23(31)35)27-20(33)16-9-6-11-30(16)2/h3-5,7-8,10,12,14,16-17,19,22,32H,6,9,11,13H2,1-2H3,(H-,27,28,29,33,35,36)/p+1/t14-,16-,17+,19+,22+/m0/s1. The summed E-state index contributed by atoms with van der Waals surface area (Å²) in [6.07, 6.45) is -5.17. The number of carbonyl (C=O) groups excluding carboxylic acids is 2. The van der Waals surface area contributed by atoms with Crippen LogP contribution in [0.25, 0.3) is 0 Å². The molecule has 2 aliphatic heterocycles. The first-order valence-electron chi connectivity index (χ1n) is 12.6. The highest BCUT2D eigenvalue weighted by Crippen LogP contribution is 2.42. The maximum atomic E-state index is 14.9. The van der Waals surface area contributed by atoms with Crippen molar-refractivity contribution >= 4 is 25.9 Å². The second-order valence-corrected chi connectivity index (χ2v) is 10.3. The first kappa shape index (κ1) is 30.6. The number of ether oxygens (including phenoxy) is 2. The molecule has 2 aromatic rings. The molecule has 222 valence electrons. The monoisotopic (exact) mass is 600 g/mol. The summed E-state index contributed by atoms with van der Waals surface area (Å²) in [6, 6.07) is 8.85. The van der Waals surface area contributed by atoms with Crippen LogP contribution in [0.2, 0.25) is 0 Å². The Hall–Kier alpha value is -3.40. The normalized spacial score (nSPS) is 25.0. The summed E-state index contributed by atoms with van der Waals surface area (Å²) in [5, 5.41) is 14.6. The molecule has 6 atom stereocenters. The number of carbonyl (C=O) groups is 2. The smallest absolute Gasteiger partial charge is 0.384 e. The highest BCUT2D eigenvalue weighted by atomic mass is 31.1. The number of likely N-dealkylation sites (tertiary alicyclic amines) is 1. The summed E-state index contributed by atoms with van der Waals surface area (Å²) in [4.78, 5) is 47.3. The third kappa shape index (κ3) is 7.28. The van der Waals surface area contributed by atoms with Crippen LogP contribution in [0.5, 0.6) is 5.75 Å². The van der Waals surface area contributed by atoms with Gasteiger partial charge in [-0.25, -0.2) is 14.1 Å². The van der Waals surface area contributed by atoms with Crippen molar-refractivity contribution in [1.82, 2.24) is 19.7 Å². The van der Waals surface area contributed by atoms with Gasteiger partial charge in [0.1, 0.15) is 17.2 Å². The van der Waals surface area contributed by atoms with E-state index >= 15 is 0 Å². The molecule has 1 unspecified atom stereocenters. The van der Waals surface area contributed by atoms with E-state index in [9.17, 15) is 32.8 Å². The van der Waals surface area contributed by atoms with Crippen molar-refractivity contribution < 1.29 is 46.9 Å². The molecule has 41 heavy (non-hydrogen) atoms. The molecule has 2 aliphatic rings. The van der Waals surface area contributed by atoms with E-state index in [-0.39, 0.29) is 17.5 Å². The Morgan fingerprint density at radius 3 is 2.68 bits per heavy atom. The van der Waals surface area contributed by atoms with Gasteiger partial charge in [0.15, 0.2) is 18.0 Å². The lowest BCUT2D eigenvalue weighted by Gasteiger charge is -2.21. The van der Waals surface area contributed by atoms with Gasteiger partial charge in [0.25, 0.3) is 0 Å². The zero-order valence-electron chi connectivity index (χ0n) is 22.0. The fourth-order valence-corrected chi connectivity index (χ4v) is 4.80. The molecule has 1 amide bonds. The van der Waals surface area contributed by atoms with Gasteiger partial charge in [0.05, 0.1) is 12.6 Å². The molecule has 0 bridgehead atoms. The van der Waals surface area contributed by atoms with Crippen molar-refractivity contribution in [1.29, 1.82) is 0 Å². The lowest BCUT2D eigenvalue weighted by atomic mass is 10.1. The minimum Gasteiger partial charge on any atom is -0.384 e. The number of rotatable bonds is 11. The Morgan fingerprint density at radius 2 is 2.02 bits per heavy atom. The number of nitrogens with zero attached hydrogens (tertiary/aromatic N) is 3. The molecule has 17 heteroatoms. The number of aromatic nitrogens is 2. The average Bonchev–Trinajstić information content (AvgIpc) is 3.46. The van der Waals surface area contributed by atoms with E-state index in [0.29, 0.717) is 11.0 Å². The summed E-state index contributed by atoms with van der Waals surface area (Å²) in [6.45, 7) is 1.30. The molecular formula is C24H29F2N5O9P+. The molecule has 14 nitrogen and oxygen atoms in total. The molecule has 4 rings (SSSR count). The van der Waals surface area contributed by atoms with Crippen LogP contribution in [0, 0.1) is 0 Å². The Morgan fingerprint density at radius 1 is 1.29 bits per heavy atom. The Bertz CT molecular complexity index is 1320. The summed E-state index contributed by atoms with van der Waals surface area (Å²) in [7, 11) is -0.835. The van der Waals surface area contributed by atoms with Crippen molar-refractivity contribution in [3.05, 3.63) is 53.1 Å². The quantitative estimate of drug-likeness (QED) is 0.250. The maximum absolute atomic E-state index is 14.9. The predicted molar refractivity (Wildman–Crippen MR) is 137 cm³/mol. The van der Waals surface area contributed by atoms with Crippen LogP contribution in [0.4, 0.5) is 14.6 Å². The third-order valence-corrected chi connectivity index (χ3v) is 7.15. The zero-order valence-corrected chi connectivity index (χ0v) is 22.9. The van der Waals surface area contributed by atoms with Gasteiger partial charge in [-0.1, -0.05) is 18.2 Å². The maximum Gasteiger partial charge on any atom is 0.700 e. The van der Waals surface area contributed by atoms with Crippen molar-refractivity contribution in [3.63, 3.8) is 0 Å². The zero-order chi connectivity index (χ0) is 29.7. The number of para-hydroxylation sites is 1. The molecule has 0 radical (unpaired) electrons. The number of hydrogen-bond donors (Lipinski definition) is 3. The van der Waals surface area contributed by atoms with Gasteiger partial charge in [0.2, 0.25) is 12.1 Å². The highest BCUT2D eigenvalue weighted by Gasteiger charge is 2.59. The first-order valence-corrected chi connectivity index (χ1v) is 13.7. The number of hydrogen-bond acceptors (Lipinski definition) is 11. The number of amides is 1. The number of anilines is 1. The molecule has 1 aromatic heterocycles. The average molecular weight is 600 g/mol. The molecule has 0 saturated carbocycles. The van der Waals surface area contributed by atoms with Gasteiger partial charge in [-0.05, 0) is 51.6 Å². The molecule has 1 aromatic carbocycles. The first-order chi connectivity index (χ1) is 19.5. The largest absolute Gasteiger partial charge is 0.700 e. The van der Waals surface area contributed by atoms with Crippen LogP contribution in [0.1, 0.15) is 26.0 Å². The van der Waals surface area contributed by atoms with E-state index in [1.807, 2.05) is 10.2 Å². The molecule has 2 fully saturated rings. The van der Waals surface area contributed by atoms with Gasteiger partial charge < -0.3 is 24.7 Å². The van der Waals surface area contributed by atoms with Gasteiger partial charge in [0, 0.05) is 10.8 Å². The molecular weight excluding hydrogens is 571 g/mol. The van der Waals surface area contributed by atoms with Crippen molar-refractivity contribution in [2.24, 2.45) is 0 Å². The van der Waals surface area contributed by atoms with Gasteiger partial charge in [-0.15, -0.1) is 0 Å². The van der Waals surface area contributed by atoms with E-state index in [0.717, 1.165) is 19.2 Å². The minimum atomic E-state index is -3.94. The second-order valence-electron chi connectivity index (χ2n) is 9.43. The number of aliphatic hydroxyl groups is 1. The summed E-state index contributed by atoms with van der Waals surface area (Å²) in [5.41, 5.74) is -1.14. The SMILES string of the molecule is C[C@H](OC[C@H]1O[C@@H](n2ccc(NC(=O)[C@@H]3CCCN3C)nc2=O)C(F)(F)[C@@H]1O)C(=O)ON[P+](=O)Oc1ccccc1. The molecule has 3 N–H and O–H groups in total. The number of nitrogens with one attached hydrogen (secondary N) is 2. The fourth-order valence-electron chi connectivity index (χ4n) is 4.29. The second kappa shape index (κ2) is 13.1. The number of alkyl halides is 2. The number of likely N-dealkylation sites (N-methyl/N-ethyl adjacent to an activating group) is 1. The van der Waals surface area contributed by atoms with Gasteiger partial charge in [-0.2, -0.15) is 13.8 Å². The molecule has 2 saturated heterocycles. The molecule has 0 spiro atoms. The van der Waals surface area contributed by atoms with Crippen LogP contribution in [-0.4, -0.2) is 81.9 Å². The minimum absolute atomic E-state index is 0.116.